The molecule has 0 N–H and O–H groups in total. The second-order valence-corrected chi connectivity index (χ2v) is 6.91. The van der Waals surface area contributed by atoms with Gasteiger partial charge in [0.1, 0.15) is 11.9 Å². The van der Waals surface area contributed by atoms with Crippen molar-refractivity contribution < 1.29 is 14.3 Å². The van der Waals surface area contributed by atoms with E-state index in [1.54, 1.807) is 13.2 Å². The molecule has 1 aliphatic carbocycles. The van der Waals surface area contributed by atoms with Gasteiger partial charge in [-0.15, -0.1) is 0 Å². The van der Waals surface area contributed by atoms with Crippen molar-refractivity contribution in [3.05, 3.63) is 35.9 Å². The van der Waals surface area contributed by atoms with Gasteiger partial charge in [0.2, 0.25) is 0 Å². The van der Waals surface area contributed by atoms with E-state index in [1.807, 2.05) is 24.3 Å². The Kier molecular flexibility index (Phi) is 6.26. The Balaban J connectivity index is 1.95. The summed E-state index contributed by atoms with van der Waals surface area (Å²) in [7, 11) is 1.64. The topological polar surface area (TPSA) is 35.5 Å². The maximum absolute atomic E-state index is 12.1. The Morgan fingerprint density at radius 1 is 1.22 bits per heavy atom. The number of hydrogen-bond acceptors (Lipinski definition) is 3. The molecule has 0 amide bonds. The van der Waals surface area contributed by atoms with Crippen LogP contribution in [0.4, 0.5) is 0 Å². The van der Waals surface area contributed by atoms with E-state index in [2.05, 4.69) is 20.8 Å². The van der Waals surface area contributed by atoms with Crippen molar-refractivity contribution in [2.24, 2.45) is 17.8 Å². The van der Waals surface area contributed by atoms with Gasteiger partial charge in [-0.2, -0.15) is 0 Å². The van der Waals surface area contributed by atoms with Crippen LogP contribution in [0.2, 0.25) is 0 Å². The fourth-order valence-corrected chi connectivity index (χ4v) is 3.32. The largest absolute Gasteiger partial charge is 0.497 e. The van der Waals surface area contributed by atoms with Crippen LogP contribution in [0.1, 0.15) is 45.6 Å². The zero-order valence-corrected chi connectivity index (χ0v) is 14.6. The molecule has 0 bridgehead atoms. The van der Waals surface area contributed by atoms with Crippen LogP contribution >= 0.6 is 0 Å². The number of ether oxygens (including phenoxy) is 2. The molecule has 23 heavy (non-hydrogen) atoms. The minimum Gasteiger partial charge on any atom is -0.497 e. The van der Waals surface area contributed by atoms with Gasteiger partial charge in [-0.25, -0.2) is 4.79 Å². The third-order valence-corrected chi connectivity index (χ3v) is 4.76. The van der Waals surface area contributed by atoms with E-state index >= 15 is 0 Å². The third kappa shape index (κ3) is 5.12. The zero-order valence-electron chi connectivity index (χ0n) is 14.6. The minimum atomic E-state index is -0.245. The zero-order chi connectivity index (χ0) is 16.8. The van der Waals surface area contributed by atoms with Gasteiger partial charge < -0.3 is 9.47 Å². The van der Waals surface area contributed by atoms with Crippen LogP contribution in [-0.4, -0.2) is 19.2 Å². The van der Waals surface area contributed by atoms with Crippen LogP contribution in [0.5, 0.6) is 5.75 Å². The van der Waals surface area contributed by atoms with Crippen LogP contribution in [0, 0.1) is 17.8 Å². The van der Waals surface area contributed by atoms with Crippen LogP contribution in [0.15, 0.2) is 30.3 Å². The number of esters is 1. The van der Waals surface area contributed by atoms with Gasteiger partial charge in [0.15, 0.2) is 0 Å². The van der Waals surface area contributed by atoms with Crippen molar-refractivity contribution in [1.29, 1.82) is 0 Å². The highest BCUT2D eigenvalue weighted by molar-refractivity contribution is 5.87. The molecule has 1 aliphatic rings. The molecule has 0 aromatic heterocycles. The lowest BCUT2D eigenvalue weighted by atomic mass is 9.75. The number of carbonyl (C=O) groups is 1. The molecule has 1 aromatic carbocycles. The molecule has 1 aromatic rings. The number of rotatable bonds is 5. The first kappa shape index (κ1) is 17.6. The standard InChI is InChI=1S/C20H28O3/c1-14(2)18-11-5-15(3)13-19(18)23-20(21)12-8-16-6-9-17(22-4)10-7-16/h6-10,12,14-15,18-19H,5,11,13H2,1-4H3/b12-8+. The molecule has 0 aliphatic heterocycles. The van der Waals surface area contributed by atoms with Crippen molar-refractivity contribution in [2.75, 3.05) is 7.11 Å². The van der Waals surface area contributed by atoms with Crippen LogP contribution in [-0.2, 0) is 9.53 Å². The van der Waals surface area contributed by atoms with Gasteiger partial charge in [-0.05, 0) is 54.4 Å². The molecule has 0 heterocycles. The summed E-state index contributed by atoms with van der Waals surface area (Å²) in [5.41, 5.74) is 0.958. The number of methoxy groups -OCH3 is 1. The Hall–Kier alpha value is -1.77. The molecule has 2 rings (SSSR count). The van der Waals surface area contributed by atoms with Crippen LogP contribution < -0.4 is 4.74 Å². The first-order chi connectivity index (χ1) is 11.0. The van der Waals surface area contributed by atoms with E-state index in [4.69, 9.17) is 9.47 Å². The predicted molar refractivity (Wildman–Crippen MR) is 93.3 cm³/mol. The van der Waals surface area contributed by atoms with Crippen molar-refractivity contribution in [1.82, 2.24) is 0 Å². The summed E-state index contributed by atoms with van der Waals surface area (Å²) < 4.78 is 10.9. The van der Waals surface area contributed by atoms with E-state index < -0.39 is 0 Å². The summed E-state index contributed by atoms with van der Waals surface area (Å²) in [6.45, 7) is 6.67. The Labute approximate surface area is 139 Å². The van der Waals surface area contributed by atoms with E-state index in [0.717, 1.165) is 24.2 Å². The predicted octanol–water partition coefficient (Wildman–Crippen LogP) is 4.71. The lowest BCUT2D eigenvalue weighted by Crippen LogP contribution is -2.35. The summed E-state index contributed by atoms with van der Waals surface area (Å²) in [5.74, 6) is 2.22. The lowest BCUT2D eigenvalue weighted by molar-refractivity contribution is -0.149. The second-order valence-electron chi connectivity index (χ2n) is 6.91. The Morgan fingerprint density at radius 3 is 2.52 bits per heavy atom. The van der Waals surface area contributed by atoms with Crippen molar-refractivity contribution in [2.45, 2.75) is 46.1 Å². The van der Waals surface area contributed by atoms with E-state index in [9.17, 15) is 4.79 Å². The average Bonchev–Trinajstić information content (AvgIpc) is 2.53. The molecular weight excluding hydrogens is 288 g/mol. The summed E-state index contributed by atoms with van der Waals surface area (Å²) >= 11 is 0. The molecule has 1 saturated carbocycles. The molecule has 126 valence electrons. The highest BCUT2D eigenvalue weighted by Crippen LogP contribution is 2.35. The molecule has 3 atom stereocenters. The molecular formula is C20H28O3. The van der Waals surface area contributed by atoms with Crippen LogP contribution in [0.3, 0.4) is 0 Å². The number of carbonyl (C=O) groups excluding carboxylic acids is 1. The van der Waals surface area contributed by atoms with Crippen molar-refractivity contribution in [3.63, 3.8) is 0 Å². The van der Waals surface area contributed by atoms with Gasteiger partial charge in [0, 0.05) is 6.08 Å². The second kappa shape index (κ2) is 8.19. The van der Waals surface area contributed by atoms with Gasteiger partial charge in [-0.3, -0.25) is 0 Å². The average molecular weight is 316 g/mol. The molecule has 0 saturated heterocycles. The normalized spacial score (nSPS) is 24.8. The van der Waals surface area contributed by atoms with Gasteiger partial charge in [0.25, 0.3) is 0 Å². The van der Waals surface area contributed by atoms with Gasteiger partial charge in [0.05, 0.1) is 7.11 Å². The maximum atomic E-state index is 12.1. The lowest BCUT2D eigenvalue weighted by Gasteiger charge is -2.36. The van der Waals surface area contributed by atoms with E-state index in [0.29, 0.717) is 17.8 Å². The first-order valence-electron chi connectivity index (χ1n) is 8.52. The summed E-state index contributed by atoms with van der Waals surface area (Å²) in [6.07, 6.45) is 6.73. The Bertz CT molecular complexity index is 530. The fraction of sp³-hybridized carbons (Fsp3) is 0.550. The van der Waals surface area contributed by atoms with Crippen molar-refractivity contribution in [3.8, 4) is 5.75 Å². The smallest absolute Gasteiger partial charge is 0.331 e. The van der Waals surface area contributed by atoms with E-state index in [1.165, 1.54) is 12.5 Å². The van der Waals surface area contributed by atoms with Crippen LogP contribution in [0.25, 0.3) is 6.08 Å². The minimum absolute atomic E-state index is 0.0479. The maximum Gasteiger partial charge on any atom is 0.331 e. The first-order valence-corrected chi connectivity index (χ1v) is 8.52. The molecule has 3 unspecified atom stereocenters. The van der Waals surface area contributed by atoms with E-state index in [-0.39, 0.29) is 12.1 Å². The molecule has 3 heteroatoms. The number of hydrogen-bond donors (Lipinski definition) is 0. The molecule has 0 spiro atoms. The highest BCUT2D eigenvalue weighted by atomic mass is 16.5. The molecule has 0 radical (unpaired) electrons. The molecule has 3 nitrogen and oxygen atoms in total. The summed E-state index contributed by atoms with van der Waals surface area (Å²) in [6, 6.07) is 7.59. The Morgan fingerprint density at radius 2 is 1.91 bits per heavy atom. The summed E-state index contributed by atoms with van der Waals surface area (Å²) in [4.78, 5) is 12.1. The monoisotopic (exact) mass is 316 g/mol. The van der Waals surface area contributed by atoms with Gasteiger partial charge in [-0.1, -0.05) is 39.3 Å². The quantitative estimate of drug-likeness (QED) is 0.583. The highest BCUT2D eigenvalue weighted by Gasteiger charge is 2.32. The fourth-order valence-electron chi connectivity index (χ4n) is 3.32. The molecule has 1 fully saturated rings. The third-order valence-electron chi connectivity index (χ3n) is 4.76. The van der Waals surface area contributed by atoms with Gasteiger partial charge >= 0.3 is 5.97 Å². The van der Waals surface area contributed by atoms with Crippen molar-refractivity contribution >= 4 is 12.0 Å². The number of benzene rings is 1. The summed E-state index contributed by atoms with van der Waals surface area (Å²) in [5, 5.41) is 0. The SMILES string of the molecule is COc1ccc(/C=C/C(=O)OC2CC(C)CCC2C(C)C)cc1.